The molecule has 0 heterocycles. The molecule has 0 aromatic heterocycles. The number of aliphatic hydroxyl groups excluding tert-OH is 1. The lowest BCUT2D eigenvalue weighted by molar-refractivity contribution is -0.168. The Morgan fingerprint density at radius 2 is 2.00 bits per heavy atom. The van der Waals surface area contributed by atoms with Crippen molar-refractivity contribution in [2.45, 2.75) is 31.7 Å². The lowest BCUT2D eigenvalue weighted by atomic mass is 10.1. The molecule has 0 amide bonds. The van der Waals surface area contributed by atoms with E-state index >= 15 is 0 Å². The lowest BCUT2D eigenvalue weighted by Crippen LogP contribution is -2.30. The molecule has 0 saturated heterocycles. The number of aliphatic carboxylic acids is 1. The first-order valence-corrected chi connectivity index (χ1v) is 3.16. The molecule has 0 aliphatic heterocycles. The van der Waals surface area contributed by atoms with E-state index in [1.165, 1.54) is 0 Å². The van der Waals surface area contributed by atoms with Gasteiger partial charge in [0.15, 0.2) is 5.79 Å². The molecule has 0 aromatic rings. The minimum atomic E-state index is -2.01. The van der Waals surface area contributed by atoms with Crippen molar-refractivity contribution in [1.29, 1.82) is 0 Å². The molecule has 1 atom stereocenters. The van der Waals surface area contributed by atoms with Crippen LogP contribution in [0.15, 0.2) is 0 Å². The van der Waals surface area contributed by atoms with Gasteiger partial charge in [-0.3, -0.25) is 4.79 Å². The zero-order valence-electron chi connectivity index (χ0n) is 6.19. The van der Waals surface area contributed by atoms with E-state index < -0.39 is 24.3 Å². The second-order valence-electron chi connectivity index (χ2n) is 2.67. The number of carbonyl (C=O) groups is 1. The van der Waals surface area contributed by atoms with E-state index in [0.717, 1.165) is 6.92 Å². The Morgan fingerprint density at radius 1 is 1.55 bits per heavy atom. The molecule has 0 radical (unpaired) electrons. The number of hydrogen-bond acceptors (Lipinski definition) is 4. The van der Waals surface area contributed by atoms with Crippen LogP contribution < -0.4 is 0 Å². The number of hydrogen-bond donors (Lipinski definition) is 4. The third-order valence-corrected chi connectivity index (χ3v) is 1.03. The van der Waals surface area contributed by atoms with Crippen LogP contribution in [0.4, 0.5) is 0 Å². The van der Waals surface area contributed by atoms with Crippen molar-refractivity contribution in [2.75, 3.05) is 0 Å². The summed E-state index contributed by atoms with van der Waals surface area (Å²) < 4.78 is 0. The van der Waals surface area contributed by atoms with Gasteiger partial charge in [-0.15, -0.1) is 0 Å². The fraction of sp³-hybridized carbons (Fsp3) is 0.833. The van der Waals surface area contributed by atoms with Gasteiger partial charge in [0, 0.05) is 6.42 Å². The molecule has 5 heteroatoms. The summed E-state index contributed by atoms with van der Waals surface area (Å²) in [6.45, 7) is 1.08. The predicted octanol–water partition coefficient (Wildman–Crippen LogP) is -1.09. The second-order valence-corrected chi connectivity index (χ2v) is 2.67. The molecule has 1 unspecified atom stereocenters. The van der Waals surface area contributed by atoms with Crippen LogP contribution in [0.2, 0.25) is 0 Å². The molecule has 66 valence electrons. The smallest absolute Gasteiger partial charge is 0.305 e. The Balaban J connectivity index is 3.69. The van der Waals surface area contributed by atoms with Gasteiger partial charge in [0.25, 0.3) is 0 Å². The lowest BCUT2D eigenvalue weighted by Gasteiger charge is -2.18. The second kappa shape index (κ2) is 3.66. The van der Waals surface area contributed by atoms with E-state index in [1.54, 1.807) is 0 Å². The topological polar surface area (TPSA) is 98.0 Å². The van der Waals surface area contributed by atoms with Crippen molar-refractivity contribution in [3.63, 3.8) is 0 Å². The number of carboxylic acids is 1. The average molecular weight is 164 g/mol. The van der Waals surface area contributed by atoms with E-state index in [4.69, 9.17) is 20.4 Å². The van der Waals surface area contributed by atoms with Crippen molar-refractivity contribution in [2.24, 2.45) is 0 Å². The van der Waals surface area contributed by atoms with Gasteiger partial charge in [-0.25, -0.2) is 0 Å². The highest BCUT2D eigenvalue weighted by atomic mass is 16.5. The van der Waals surface area contributed by atoms with Crippen LogP contribution in [0.3, 0.4) is 0 Å². The zero-order chi connectivity index (χ0) is 9.07. The van der Waals surface area contributed by atoms with E-state index in [1.807, 2.05) is 0 Å². The summed E-state index contributed by atoms with van der Waals surface area (Å²) in [7, 11) is 0. The Hall–Kier alpha value is -0.650. The summed E-state index contributed by atoms with van der Waals surface area (Å²) in [5, 5.41) is 34.4. The van der Waals surface area contributed by atoms with Crippen molar-refractivity contribution < 1.29 is 25.2 Å². The van der Waals surface area contributed by atoms with Gasteiger partial charge >= 0.3 is 5.97 Å². The molecule has 0 aromatic carbocycles. The highest BCUT2D eigenvalue weighted by Gasteiger charge is 2.22. The van der Waals surface area contributed by atoms with Gasteiger partial charge in [0.05, 0.1) is 12.5 Å². The van der Waals surface area contributed by atoms with Gasteiger partial charge < -0.3 is 20.4 Å². The fourth-order valence-corrected chi connectivity index (χ4v) is 0.720. The summed E-state index contributed by atoms with van der Waals surface area (Å²) in [4.78, 5) is 9.97. The molecule has 11 heavy (non-hydrogen) atoms. The molecule has 5 nitrogen and oxygen atoms in total. The van der Waals surface area contributed by atoms with Crippen LogP contribution in [0, 0.1) is 0 Å². The molecule has 0 spiro atoms. The monoisotopic (exact) mass is 164 g/mol. The Morgan fingerprint density at radius 3 is 2.27 bits per heavy atom. The van der Waals surface area contributed by atoms with E-state index in [0.29, 0.717) is 0 Å². The highest BCUT2D eigenvalue weighted by Crippen LogP contribution is 2.09. The third-order valence-electron chi connectivity index (χ3n) is 1.03. The number of rotatable bonds is 4. The van der Waals surface area contributed by atoms with Crippen molar-refractivity contribution >= 4 is 5.97 Å². The van der Waals surface area contributed by atoms with Crippen molar-refractivity contribution in [1.82, 2.24) is 0 Å². The van der Waals surface area contributed by atoms with Crippen LogP contribution in [-0.4, -0.2) is 38.3 Å². The summed E-state index contributed by atoms with van der Waals surface area (Å²) >= 11 is 0. The van der Waals surface area contributed by atoms with Gasteiger partial charge in [-0.05, 0) is 6.92 Å². The SMILES string of the molecule is CC(O)(O)CC(O)CC(=O)O. The number of aliphatic hydroxyl groups is 3. The summed E-state index contributed by atoms with van der Waals surface area (Å²) in [5.74, 6) is -3.17. The summed E-state index contributed by atoms with van der Waals surface area (Å²) in [6, 6.07) is 0. The molecule has 4 N–H and O–H groups in total. The largest absolute Gasteiger partial charge is 0.481 e. The van der Waals surface area contributed by atoms with Crippen molar-refractivity contribution in [3.05, 3.63) is 0 Å². The molecule has 0 bridgehead atoms. The van der Waals surface area contributed by atoms with Crippen molar-refractivity contribution in [3.8, 4) is 0 Å². The van der Waals surface area contributed by atoms with Gasteiger partial charge in [0.1, 0.15) is 0 Å². The first-order valence-electron chi connectivity index (χ1n) is 3.16. The molecule has 0 fully saturated rings. The van der Waals surface area contributed by atoms with Crippen LogP contribution in [0.5, 0.6) is 0 Å². The summed E-state index contributed by atoms with van der Waals surface area (Å²) in [6.07, 6.45) is -2.05. The molecular weight excluding hydrogens is 152 g/mol. The number of carboxylic acid groups (broad SMARTS) is 1. The molecule has 0 saturated carbocycles. The fourth-order valence-electron chi connectivity index (χ4n) is 0.720. The minimum absolute atomic E-state index is 0.362. The standard InChI is InChI=1S/C6H12O5/c1-6(10,11)3-4(7)2-5(8)9/h4,7,10-11H,2-3H2,1H3,(H,8,9). The molecule has 0 aliphatic rings. The Kier molecular flexibility index (Phi) is 3.44. The first kappa shape index (κ1) is 10.3. The van der Waals surface area contributed by atoms with Crippen LogP contribution in [0.25, 0.3) is 0 Å². The Labute approximate surface area is 63.9 Å². The molecule has 0 aliphatic carbocycles. The predicted molar refractivity (Wildman–Crippen MR) is 35.7 cm³/mol. The summed E-state index contributed by atoms with van der Waals surface area (Å²) in [5.41, 5.74) is 0. The quantitative estimate of drug-likeness (QED) is 0.396. The highest BCUT2D eigenvalue weighted by molar-refractivity contribution is 5.67. The maximum Gasteiger partial charge on any atom is 0.305 e. The van der Waals surface area contributed by atoms with E-state index in [2.05, 4.69) is 0 Å². The maximum absolute atomic E-state index is 9.97. The van der Waals surface area contributed by atoms with Gasteiger partial charge in [-0.2, -0.15) is 0 Å². The minimum Gasteiger partial charge on any atom is -0.481 e. The van der Waals surface area contributed by atoms with Gasteiger partial charge in [-0.1, -0.05) is 0 Å². The van der Waals surface area contributed by atoms with Gasteiger partial charge in [0.2, 0.25) is 0 Å². The Bertz CT molecular complexity index is 136. The van der Waals surface area contributed by atoms with Crippen LogP contribution in [0.1, 0.15) is 19.8 Å². The van der Waals surface area contributed by atoms with Crippen LogP contribution in [-0.2, 0) is 4.79 Å². The van der Waals surface area contributed by atoms with E-state index in [9.17, 15) is 4.79 Å². The third kappa shape index (κ3) is 7.24. The first-order chi connectivity index (χ1) is 4.81. The average Bonchev–Trinajstić information content (AvgIpc) is 1.53. The van der Waals surface area contributed by atoms with E-state index in [-0.39, 0.29) is 6.42 Å². The zero-order valence-corrected chi connectivity index (χ0v) is 6.19. The molecule has 0 rings (SSSR count). The maximum atomic E-state index is 9.97. The van der Waals surface area contributed by atoms with Crippen LogP contribution >= 0.6 is 0 Å². The molecular formula is C6H12O5. The normalized spacial score (nSPS) is 14.5.